The molecule has 4 aromatic rings. The first-order chi connectivity index (χ1) is 15.5. The summed E-state index contributed by atoms with van der Waals surface area (Å²) in [6.07, 6.45) is 0.988. The van der Waals surface area contributed by atoms with Gasteiger partial charge in [-0.15, -0.1) is 10.2 Å². The van der Waals surface area contributed by atoms with Crippen molar-refractivity contribution in [1.29, 1.82) is 0 Å². The number of amides is 1. The Bertz CT molecular complexity index is 1330. The maximum atomic E-state index is 14.1. The van der Waals surface area contributed by atoms with Crippen LogP contribution in [0.2, 0.25) is 0 Å². The summed E-state index contributed by atoms with van der Waals surface area (Å²) in [5, 5.41) is 12.5. The van der Waals surface area contributed by atoms with Gasteiger partial charge >= 0.3 is 0 Å². The van der Waals surface area contributed by atoms with E-state index in [1.807, 2.05) is 26.0 Å². The molecule has 32 heavy (non-hydrogen) atoms. The SMILES string of the molecule is CC[C@H](C)NC(=O)CCn1c(=O)c2ccccc2n2c(SCc3ccccc3F)nnc12. The number of thioether (sulfide) groups is 1. The van der Waals surface area contributed by atoms with Crippen molar-refractivity contribution in [2.24, 2.45) is 0 Å². The fourth-order valence-corrected chi connectivity index (χ4v) is 4.38. The second-order valence-electron chi connectivity index (χ2n) is 7.60. The third-order valence-electron chi connectivity index (χ3n) is 5.38. The highest BCUT2D eigenvalue weighted by molar-refractivity contribution is 7.98. The number of nitrogens with zero attached hydrogens (tertiary/aromatic N) is 4. The van der Waals surface area contributed by atoms with E-state index in [-0.39, 0.29) is 36.3 Å². The molecule has 0 radical (unpaired) electrons. The number of aromatic nitrogens is 4. The molecule has 0 aliphatic carbocycles. The van der Waals surface area contributed by atoms with Gasteiger partial charge in [-0.3, -0.25) is 18.6 Å². The average molecular weight is 454 g/mol. The Kier molecular flexibility index (Phi) is 6.55. The molecule has 0 fully saturated rings. The van der Waals surface area contributed by atoms with Gasteiger partial charge in [0.05, 0.1) is 10.9 Å². The van der Waals surface area contributed by atoms with Gasteiger partial charge in [-0.25, -0.2) is 4.39 Å². The lowest BCUT2D eigenvalue weighted by Crippen LogP contribution is -2.33. The van der Waals surface area contributed by atoms with Crippen LogP contribution in [-0.4, -0.2) is 31.1 Å². The maximum absolute atomic E-state index is 14.1. The van der Waals surface area contributed by atoms with Crippen molar-refractivity contribution in [2.75, 3.05) is 0 Å². The van der Waals surface area contributed by atoms with E-state index in [0.717, 1.165) is 6.42 Å². The lowest BCUT2D eigenvalue weighted by atomic mass is 10.2. The minimum atomic E-state index is -0.275. The Morgan fingerprint density at radius 3 is 2.69 bits per heavy atom. The fraction of sp³-hybridized carbons (Fsp3) is 0.304. The average Bonchev–Trinajstić information content (AvgIpc) is 3.22. The molecule has 1 N–H and O–H groups in total. The molecular formula is C23H24FN5O2S. The first kappa shape index (κ1) is 22.0. The molecule has 1 atom stereocenters. The molecule has 166 valence electrons. The van der Waals surface area contributed by atoms with Crippen LogP contribution in [0.25, 0.3) is 16.7 Å². The third-order valence-corrected chi connectivity index (χ3v) is 6.35. The van der Waals surface area contributed by atoms with Gasteiger partial charge in [0.15, 0.2) is 5.16 Å². The molecule has 0 bridgehead atoms. The zero-order chi connectivity index (χ0) is 22.7. The van der Waals surface area contributed by atoms with E-state index < -0.39 is 0 Å². The van der Waals surface area contributed by atoms with E-state index in [1.54, 1.807) is 34.7 Å². The number of benzene rings is 2. The molecule has 0 saturated heterocycles. The van der Waals surface area contributed by atoms with Gasteiger partial charge in [0, 0.05) is 24.8 Å². The monoisotopic (exact) mass is 453 g/mol. The number of carbonyl (C=O) groups is 1. The van der Waals surface area contributed by atoms with E-state index in [9.17, 15) is 14.0 Å². The van der Waals surface area contributed by atoms with Gasteiger partial charge in [-0.05, 0) is 37.1 Å². The van der Waals surface area contributed by atoms with Crippen molar-refractivity contribution in [2.45, 2.75) is 50.2 Å². The third kappa shape index (κ3) is 4.38. The van der Waals surface area contributed by atoms with Gasteiger partial charge in [0.1, 0.15) is 5.82 Å². The van der Waals surface area contributed by atoms with Gasteiger partial charge < -0.3 is 5.32 Å². The molecule has 0 aliphatic heterocycles. The number of hydrogen-bond donors (Lipinski definition) is 1. The number of fused-ring (bicyclic) bond motifs is 3. The Labute approximate surface area is 188 Å². The second kappa shape index (κ2) is 9.52. The second-order valence-corrected chi connectivity index (χ2v) is 8.54. The minimum Gasteiger partial charge on any atom is -0.354 e. The normalized spacial score (nSPS) is 12.3. The molecular weight excluding hydrogens is 429 g/mol. The zero-order valence-corrected chi connectivity index (χ0v) is 18.7. The van der Waals surface area contributed by atoms with Crippen LogP contribution in [0.3, 0.4) is 0 Å². The Morgan fingerprint density at radius 1 is 1.16 bits per heavy atom. The van der Waals surface area contributed by atoms with Crippen LogP contribution in [0.5, 0.6) is 0 Å². The zero-order valence-electron chi connectivity index (χ0n) is 17.9. The largest absolute Gasteiger partial charge is 0.354 e. The summed E-state index contributed by atoms with van der Waals surface area (Å²) in [5.41, 5.74) is 1.02. The van der Waals surface area contributed by atoms with Crippen molar-refractivity contribution < 1.29 is 9.18 Å². The quantitative estimate of drug-likeness (QED) is 0.411. The van der Waals surface area contributed by atoms with Crippen LogP contribution in [0.4, 0.5) is 4.39 Å². The molecule has 0 saturated carbocycles. The molecule has 9 heteroatoms. The molecule has 2 heterocycles. The van der Waals surface area contributed by atoms with Crippen LogP contribution >= 0.6 is 11.8 Å². The van der Waals surface area contributed by atoms with Crippen molar-refractivity contribution in [3.05, 3.63) is 70.3 Å². The number of halogens is 1. The van der Waals surface area contributed by atoms with E-state index in [1.165, 1.54) is 22.4 Å². The van der Waals surface area contributed by atoms with Gasteiger partial charge in [0.25, 0.3) is 5.56 Å². The summed E-state index contributed by atoms with van der Waals surface area (Å²) < 4.78 is 17.3. The highest BCUT2D eigenvalue weighted by atomic mass is 32.2. The minimum absolute atomic E-state index is 0.0744. The smallest absolute Gasteiger partial charge is 0.262 e. The Hall–Kier alpha value is -3.20. The molecule has 1 amide bonds. The summed E-state index contributed by atoms with van der Waals surface area (Å²) in [5.74, 6) is 0.341. The van der Waals surface area contributed by atoms with E-state index in [0.29, 0.717) is 33.2 Å². The highest BCUT2D eigenvalue weighted by Gasteiger charge is 2.18. The lowest BCUT2D eigenvalue weighted by molar-refractivity contribution is -0.121. The van der Waals surface area contributed by atoms with Crippen LogP contribution in [0, 0.1) is 5.82 Å². The summed E-state index contributed by atoms with van der Waals surface area (Å²) in [4.78, 5) is 25.4. The first-order valence-electron chi connectivity index (χ1n) is 10.5. The molecule has 7 nitrogen and oxygen atoms in total. The molecule has 4 rings (SSSR count). The Morgan fingerprint density at radius 2 is 1.91 bits per heavy atom. The number of hydrogen-bond acceptors (Lipinski definition) is 5. The van der Waals surface area contributed by atoms with Crippen LogP contribution in [-0.2, 0) is 17.1 Å². The maximum Gasteiger partial charge on any atom is 0.262 e. The van der Waals surface area contributed by atoms with E-state index in [4.69, 9.17) is 0 Å². The summed E-state index contributed by atoms with van der Waals surface area (Å²) in [6, 6.07) is 13.9. The van der Waals surface area contributed by atoms with Gasteiger partial charge in [-0.1, -0.05) is 49.0 Å². The Balaban J connectivity index is 1.71. The van der Waals surface area contributed by atoms with Gasteiger partial charge in [-0.2, -0.15) is 0 Å². The predicted molar refractivity (Wildman–Crippen MR) is 123 cm³/mol. The highest BCUT2D eigenvalue weighted by Crippen LogP contribution is 2.25. The summed E-state index contributed by atoms with van der Waals surface area (Å²) in [7, 11) is 0. The van der Waals surface area contributed by atoms with E-state index in [2.05, 4.69) is 15.5 Å². The standard InChI is InChI=1S/C23H24FN5O2S/c1-3-15(2)25-20(30)12-13-28-21(31)17-9-5-7-11-19(17)29-22(28)26-27-23(29)32-14-16-8-4-6-10-18(16)24/h4-11,15H,3,12-14H2,1-2H3,(H,25,30)/t15-/m0/s1. The van der Waals surface area contributed by atoms with Crippen LogP contribution < -0.4 is 10.9 Å². The number of carbonyl (C=O) groups excluding carboxylic acids is 1. The molecule has 2 aromatic carbocycles. The molecule has 0 spiro atoms. The molecule has 0 unspecified atom stereocenters. The predicted octanol–water partition coefficient (Wildman–Crippen LogP) is 3.78. The number of aryl methyl sites for hydroxylation is 1. The molecule has 2 aromatic heterocycles. The van der Waals surface area contributed by atoms with Crippen molar-refractivity contribution in [3.8, 4) is 0 Å². The molecule has 0 aliphatic rings. The number of rotatable bonds is 8. The summed E-state index contributed by atoms with van der Waals surface area (Å²) >= 11 is 1.34. The van der Waals surface area contributed by atoms with Crippen molar-refractivity contribution >= 4 is 34.3 Å². The van der Waals surface area contributed by atoms with Crippen molar-refractivity contribution in [3.63, 3.8) is 0 Å². The van der Waals surface area contributed by atoms with E-state index >= 15 is 0 Å². The van der Waals surface area contributed by atoms with Crippen LogP contribution in [0.15, 0.2) is 58.5 Å². The van der Waals surface area contributed by atoms with Gasteiger partial charge in [0.2, 0.25) is 11.7 Å². The van der Waals surface area contributed by atoms with Crippen LogP contribution in [0.1, 0.15) is 32.3 Å². The van der Waals surface area contributed by atoms with Crippen molar-refractivity contribution in [1.82, 2.24) is 24.5 Å². The topological polar surface area (TPSA) is 81.3 Å². The number of nitrogens with one attached hydrogen (secondary N) is 1. The fourth-order valence-electron chi connectivity index (χ4n) is 3.45. The first-order valence-corrected chi connectivity index (χ1v) is 11.5. The summed E-state index contributed by atoms with van der Waals surface area (Å²) in [6.45, 7) is 4.13. The number of para-hydroxylation sites is 1. The lowest BCUT2D eigenvalue weighted by Gasteiger charge is -2.13.